The summed E-state index contributed by atoms with van der Waals surface area (Å²) in [6.07, 6.45) is 2.33. The van der Waals surface area contributed by atoms with Crippen LogP contribution in [-0.4, -0.2) is 27.7 Å². The van der Waals surface area contributed by atoms with Gasteiger partial charge in [-0.15, -0.1) is 0 Å². The number of nitrogens with two attached hydrogens (primary N) is 1. The molecule has 3 N–H and O–H groups in total. The molecule has 112 valence electrons. The van der Waals surface area contributed by atoms with Crippen molar-refractivity contribution in [2.24, 2.45) is 0 Å². The highest BCUT2D eigenvalue weighted by atomic mass is 32.2. The minimum atomic E-state index is -4.13. The van der Waals surface area contributed by atoms with Crippen LogP contribution in [0.1, 0.15) is 19.3 Å². The second-order valence-corrected chi connectivity index (χ2v) is 6.37. The predicted octanol–water partition coefficient (Wildman–Crippen LogP) is 1.39. The Morgan fingerprint density at radius 3 is 2.80 bits per heavy atom. The van der Waals surface area contributed by atoms with E-state index in [1.54, 1.807) is 0 Å². The monoisotopic (exact) mass is 306 g/mol. The van der Waals surface area contributed by atoms with E-state index in [-0.39, 0.29) is 18.3 Å². The normalized spacial score (nSPS) is 19.4. The number of halogens is 2. The van der Waals surface area contributed by atoms with Gasteiger partial charge < -0.3 is 10.5 Å². The Morgan fingerprint density at radius 2 is 2.15 bits per heavy atom. The van der Waals surface area contributed by atoms with Crippen molar-refractivity contribution in [1.82, 2.24) is 4.72 Å². The van der Waals surface area contributed by atoms with E-state index in [1.807, 2.05) is 0 Å². The largest absolute Gasteiger partial charge is 0.399 e. The molecule has 0 amide bonds. The molecule has 1 aliphatic heterocycles. The third-order valence-electron chi connectivity index (χ3n) is 3.09. The van der Waals surface area contributed by atoms with Crippen LogP contribution in [0.4, 0.5) is 14.5 Å². The van der Waals surface area contributed by atoms with Gasteiger partial charge in [-0.25, -0.2) is 21.9 Å². The smallest absolute Gasteiger partial charge is 0.243 e. The van der Waals surface area contributed by atoms with Crippen LogP contribution in [-0.2, 0) is 14.8 Å². The standard InChI is InChI=1S/C12H16F2N2O3S/c13-10-6-8(15)7-11(12(10)14)20(17,18)16-4-3-9-2-1-5-19-9/h6-7,9,16H,1-5,15H2. The zero-order valence-corrected chi connectivity index (χ0v) is 11.6. The van der Waals surface area contributed by atoms with E-state index in [1.165, 1.54) is 0 Å². The summed E-state index contributed by atoms with van der Waals surface area (Å²) in [7, 11) is -4.13. The Labute approximate surface area is 116 Å². The van der Waals surface area contributed by atoms with Crippen molar-refractivity contribution in [1.29, 1.82) is 0 Å². The van der Waals surface area contributed by atoms with Gasteiger partial charge in [0.25, 0.3) is 0 Å². The number of ether oxygens (including phenoxy) is 1. The Balaban J connectivity index is 2.06. The highest BCUT2D eigenvalue weighted by Crippen LogP contribution is 2.21. The molecule has 1 heterocycles. The maximum absolute atomic E-state index is 13.5. The molecule has 0 aromatic heterocycles. The van der Waals surface area contributed by atoms with Gasteiger partial charge in [0.1, 0.15) is 4.90 Å². The molecular weight excluding hydrogens is 290 g/mol. The maximum atomic E-state index is 13.5. The second kappa shape index (κ2) is 6.02. The van der Waals surface area contributed by atoms with Crippen molar-refractivity contribution in [2.45, 2.75) is 30.3 Å². The summed E-state index contributed by atoms with van der Waals surface area (Å²) in [6, 6.07) is 1.63. The fourth-order valence-corrected chi connectivity index (χ4v) is 3.25. The van der Waals surface area contributed by atoms with E-state index >= 15 is 0 Å². The lowest BCUT2D eigenvalue weighted by atomic mass is 10.2. The van der Waals surface area contributed by atoms with Crippen LogP contribution in [0.2, 0.25) is 0 Å². The first-order valence-electron chi connectivity index (χ1n) is 6.26. The highest BCUT2D eigenvalue weighted by Gasteiger charge is 2.23. The van der Waals surface area contributed by atoms with Crippen LogP contribution in [0.5, 0.6) is 0 Å². The van der Waals surface area contributed by atoms with E-state index in [2.05, 4.69) is 4.72 Å². The van der Waals surface area contributed by atoms with E-state index in [9.17, 15) is 17.2 Å². The van der Waals surface area contributed by atoms with Crippen molar-refractivity contribution in [3.63, 3.8) is 0 Å². The number of rotatable bonds is 5. The second-order valence-electron chi connectivity index (χ2n) is 4.64. The van der Waals surface area contributed by atoms with Crippen molar-refractivity contribution >= 4 is 15.7 Å². The fourth-order valence-electron chi connectivity index (χ4n) is 2.08. The van der Waals surface area contributed by atoms with Crippen LogP contribution in [0.15, 0.2) is 17.0 Å². The van der Waals surface area contributed by atoms with E-state index < -0.39 is 26.6 Å². The topological polar surface area (TPSA) is 81.4 Å². The number of sulfonamides is 1. The molecule has 8 heteroatoms. The molecule has 1 aromatic carbocycles. The third kappa shape index (κ3) is 3.44. The molecule has 5 nitrogen and oxygen atoms in total. The molecule has 2 rings (SSSR count). The lowest BCUT2D eigenvalue weighted by molar-refractivity contribution is 0.105. The zero-order valence-electron chi connectivity index (χ0n) is 10.7. The van der Waals surface area contributed by atoms with Crippen LogP contribution >= 0.6 is 0 Å². The molecule has 1 aliphatic rings. The first kappa shape index (κ1) is 15.1. The first-order chi connectivity index (χ1) is 9.40. The zero-order chi connectivity index (χ0) is 14.8. The van der Waals surface area contributed by atoms with Gasteiger partial charge in [-0.1, -0.05) is 0 Å². The molecular formula is C12H16F2N2O3S. The average molecular weight is 306 g/mol. The van der Waals surface area contributed by atoms with Crippen LogP contribution < -0.4 is 10.5 Å². The van der Waals surface area contributed by atoms with Crippen molar-refractivity contribution < 1.29 is 21.9 Å². The molecule has 20 heavy (non-hydrogen) atoms. The molecule has 0 bridgehead atoms. The van der Waals surface area contributed by atoms with Gasteiger partial charge in [-0.05, 0) is 31.4 Å². The number of hydrogen-bond acceptors (Lipinski definition) is 4. The van der Waals surface area contributed by atoms with Crippen LogP contribution in [0, 0.1) is 11.6 Å². The Hall–Kier alpha value is -1.25. The number of nitrogen functional groups attached to an aromatic ring is 1. The molecule has 1 unspecified atom stereocenters. The van der Waals surface area contributed by atoms with Gasteiger partial charge in [0, 0.05) is 18.8 Å². The number of nitrogens with one attached hydrogen (secondary N) is 1. The predicted molar refractivity (Wildman–Crippen MR) is 69.5 cm³/mol. The molecule has 0 aliphatic carbocycles. The van der Waals surface area contributed by atoms with Gasteiger partial charge in [0.2, 0.25) is 10.0 Å². The SMILES string of the molecule is Nc1cc(F)c(F)c(S(=O)(=O)NCCC2CCCO2)c1. The highest BCUT2D eigenvalue weighted by molar-refractivity contribution is 7.89. The summed E-state index contributed by atoms with van der Waals surface area (Å²) < 4.78 is 58.1. The quantitative estimate of drug-likeness (QED) is 0.806. The summed E-state index contributed by atoms with van der Waals surface area (Å²) in [5.74, 6) is -2.71. The molecule has 0 spiro atoms. The molecule has 1 saturated heterocycles. The van der Waals surface area contributed by atoms with Crippen molar-refractivity contribution in [3.8, 4) is 0 Å². The Bertz CT molecular complexity index is 587. The van der Waals surface area contributed by atoms with Gasteiger partial charge >= 0.3 is 0 Å². The summed E-state index contributed by atoms with van der Waals surface area (Å²) >= 11 is 0. The first-order valence-corrected chi connectivity index (χ1v) is 7.74. The lowest BCUT2D eigenvalue weighted by Crippen LogP contribution is -2.28. The van der Waals surface area contributed by atoms with Crippen LogP contribution in [0.25, 0.3) is 0 Å². The summed E-state index contributed by atoms with van der Waals surface area (Å²) in [6.45, 7) is 0.773. The van der Waals surface area contributed by atoms with Crippen molar-refractivity contribution in [3.05, 3.63) is 23.8 Å². The number of anilines is 1. The van der Waals surface area contributed by atoms with Crippen molar-refractivity contribution in [2.75, 3.05) is 18.9 Å². The third-order valence-corrected chi connectivity index (χ3v) is 4.55. The molecule has 0 radical (unpaired) electrons. The van der Waals surface area contributed by atoms with Crippen LogP contribution in [0.3, 0.4) is 0 Å². The molecule has 0 saturated carbocycles. The molecule has 1 aromatic rings. The van der Waals surface area contributed by atoms with Gasteiger partial charge in [-0.2, -0.15) is 0 Å². The summed E-state index contributed by atoms with van der Waals surface area (Å²) in [4.78, 5) is -0.776. The number of benzene rings is 1. The molecule has 1 atom stereocenters. The van der Waals surface area contributed by atoms with Gasteiger partial charge in [0.05, 0.1) is 6.10 Å². The maximum Gasteiger partial charge on any atom is 0.243 e. The average Bonchev–Trinajstić information content (AvgIpc) is 2.86. The molecule has 1 fully saturated rings. The van der Waals surface area contributed by atoms with Gasteiger partial charge in [0.15, 0.2) is 11.6 Å². The van der Waals surface area contributed by atoms with E-state index in [0.29, 0.717) is 13.0 Å². The Morgan fingerprint density at radius 1 is 1.40 bits per heavy atom. The summed E-state index contributed by atoms with van der Waals surface area (Å²) in [5.41, 5.74) is 5.18. The van der Waals surface area contributed by atoms with E-state index in [0.717, 1.165) is 25.0 Å². The fraction of sp³-hybridized carbons (Fsp3) is 0.500. The Kier molecular flexibility index (Phi) is 4.56. The minimum absolute atomic E-state index is 0.0140. The lowest BCUT2D eigenvalue weighted by Gasteiger charge is -2.11. The van der Waals surface area contributed by atoms with E-state index in [4.69, 9.17) is 10.5 Å². The summed E-state index contributed by atoms with van der Waals surface area (Å²) in [5, 5.41) is 0. The van der Waals surface area contributed by atoms with Gasteiger partial charge in [-0.3, -0.25) is 0 Å². The minimum Gasteiger partial charge on any atom is -0.399 e. The number of hydrogen-bond donors (Lipinski definition) is 2.